The molecule has 0 amide bonds. The van der Waals surface area contributed by atoms with Gasteiger partial charge in [-0.2, -0.15) is 0 Å². The Hall–Kier alpha value is -1.91. The van der Waals surface area contributed by atoms with Gasteiger partial charge < -0.3 is 14.8 Å². The monoisotopic (exact) mass is 310 g/mol. The predicted octanol–water partition coefficient (Wildman–Crippen LogP) is 2.77. The van der Waals surface area contributed by atoms with Gasteiger partial charge >= 0.3 is 0 Å². The van der Waals surface area contributed by atoms with E-state index in [1.807, 2.05) is 30.3 Å². The highest BCUT2D eigenvalue weighted by molar-refractivity contribution is 5.43. The van der Waals surface area contributed by atoms with E-state index in [1.54, 1.807) is 0 Å². The van der Waals surface area contributed by atoms with Gasteiger partial charge in [0, 0.05) is 31.6 Å². The third-order valence-corrected chi connectivity index (χ3v) is 4.66. The zero-order valence-electron chi connectivity index (χ0n) is 13.5. The first-order valence-corrected chi connectivity index (χ1v) is 8.34. The molecule has 2 aliphatic heterocycles. The van der Waals surface area contributed by atoms with Crippen molar-refractivity contribution in [3.63, 3.8) is 0 Å². The van der Waals surface area contributed by atoms with Crippen molar-refractivity contribution in [2.75, 3.05) is 6.54 Å². The number of benzene rings is 1. The van der Waals surface area contributed by atoms with Crippen LogP contribution in [0, 0.1) is 0 Å². The maximum atomic E-state index is 5.97. The lowest BCUT2D eigenvalue weighted by Gasteiger charge is -2.30. The zero-order valence-corrected chi connectivity index (χ0v) is 13.5. The number of pyridine rings is 1. The highest BCUT2D eigenvalue weighted by atomic mass is 16.5. The Bertz CT molecular complexity index is 700. The number of fused-ring (bicyclic) bond motifs is 3. The molecular weight excluding hydrogens is 288 g/mol. The maximum absolute atomic E-state index is 5.97. The minimum Gasteiger partial charge on any atom is -0.487 e. The minimum atomic E-state index is 0.245. The summed E-state index contributed by atoms with van der Waals surface area (Å²) in [5.41, 5.74) is 6.32. The fraction of sp³-hybridized carbons (Fsp3) is 0.421. The molecule has 1 aromatic heterocycles. The van der Waals surface area contributed by atoms with Gasteiger partial charge in [0.25, 0.3) is 0 Å². The molecule has 0 spiro atoms. The summed E-state index contributed by atoms with van der Waals surface area (Å²) in [6.07, 6.45) is 2.15. The molecule has 0 bridgehead atoms. The lowest BCUT2D eigenvalue weighted by Crippen LogP contribution is -2.31. The van der Waals surface area contributed by atoms with Gasteiger partial charge in [0.1, 0.15) is 12.4 Å². The molecule has 1 unspecified atom stereocenters. The van der Waals surface area contributed by atoms with Crippen molar-refractivity contribution in [2.24, 2.45) is 0 Å². The molecule has 1 N–H and O–H groups in total. The number of ether oxygens (including phenoxy) is 2. The standard InChI is InChI=1S/C19H22N2O2/c1-13-9-15-17(11-22-13)16-10-20-8-7-18(16)21-19(15)12-23-14-5-3-2-4-6-14/h2-6,13,20H,7-12H2,1H3. The van der Waals surface area contributed by atoms with Crippen molar-refractivity contribution in [1.82, 2.24) is 10.3 Å². The maximum Gasteiger partial charge on any atom is 0.130 e. The van der Waals surface area contributed by atoms with Gasteiger partial charge in [0.05, 0.1) is 18.4 Å². The van der Waals surface area contributed by atoms with Crippen LogP contribution in [-0.4, -0.2) is 17.6 Å². The van der Waals surface area contributed by atoms with Crippen molar-refractivity contribution < 1.29 is 9.47 Å². The normalized spacial score (nSPS) is 19.8. The summed E-state index contributed by atoms with van der Waals surface area (Å²) < 4.78 is 11.9. The van der Waals surface area contributed by atoms with Crippen LogP contribution in [0.3, 0.4) is 0 Å². The van der Waals surface area contributed by atoms with E-state index in [0.717, 1.165) is 37.4 Å². The Morgan fingerprint density at radius 2 is 2.09 bits per heavy atom. The summed E-state index contributed by atoms with van der Waals surface area (Å²) in [6, 6.07) is 9.96. The Balaban J connectivity index is 1.68. The average Bonchev–Trinajstić information content (AvgIpc) is 2.60. The summed E-state index contributed by atoms with van der Waals surface area (Å²) in [6.45, 7) is 5.25. The number of nitrogens with one attached hydrogen (secondary N) is 1. The molecule has 0 saturated carbocycles. The van der Waals surface area contributed by atoms with E-state index < -0.39 is 0 Å². The van der Waals surface area contributed by atoms with Crippen LogP contribution in [0.1, 0.15) is 35.0 Å². The Labute approximate surface area is 136 Å². The molecule has 0 saturated heterocycles. The fourth-order valence-corrected chi connectivity index (χ4v) is 3.44. The van der Waals surface area contributed by atoms with Gasteiger partial charge in [-0.25, -0.2) is 0 Å². The number of aromatic nitrogens is 1. The molecule has 4 heteroatoms. The average molecular weight is 310 g/mol. The van der Waals surface area contributed by atoms with Crippen molar-refractivity contribution in [3.05, 3.63) is 58.4 Å². The molecule has 4 nitrogen and oxygen atoms in total. The molecular formula is C19H22N2O2. The molecule has 4 rings (SSSR count). The second kappa shape index (κ2) is 6.30. The van der Waals surface area contributed by atoms with Gasteiger partial charge in [-0.3, -0.25) is 4.98 Å². The predicted molar refractivity (Wildman–Crippen MR) is 88.4 cm³/mol. The van der Waals surface area contributed by atoms with Crippen LogP contribution in [0.4, 0.5) is 0 Å². The van der Waals surface area contributed by atoms with Crippen LogP contribution in [-0.2, 0) is 37.3 Å². The van der Waals surface area contributed by atoms with E-state index in [9.17, 15) is 0 Å². The lowest BCUT2D eigenvalue weighted by molar-refractivity contribution is 0.0394. The smallest absolute Gasteiger partial charge is 0.130 e. The number of rotatable bonds is 3. The first kappa shape index (κ1) is 14.7. The molecule has 120 valence electrons. The largest absolute Gasteiger partial charge is 0.487 e. The summed E-state index contributed by atoms with van der Waals surface area (Å²) in [5.74, 6) is 0.891. The number of nitrogens with zero attached hydrogens (tertiary/aromatic N) is 1. The Morgan fingerprint density at radius 3 is 2.96 bits per heavy atom. The van der Waals surface area contributed by atoms with E-state index in [1.165, 1.54) is 22.4 Å². The second-order valence-electron chi connectivity index (χ2n) is 6.30. The molecule has 0 radical (unpaired) electrons. The van der Waals surface area contributed by atoms with Crippen molar-refractivity contribution in [3.8, 4) is 5.75 Å². The zero-order chi connectivity index (χ0) is 15.6. The van der Waals surface area contributed by atoms with Crippen LogP contribution in [0.2, 0.25) is 0 Å². The van der Waals surface area contributed by atoms with E-state index >= 15 is 0 Å². The van der Waals surface area contributed by atoms with Gasteiger partial charge in [-0.05, 0) is 35.7 Å². The summed E-state index contributed by atoms with van der Waals surface area (Å²) >= 11 is 0. The Morgan fingerprint density at radius 1 is 1.22 bits per heavy atom. The quantitative estimate of drug-likeness (QED) is 0.947. The van der Waals surface area contributed by atoms with Crippen LogP contribution < -0.4 is 10.1 Å². The van der Waals surface area contributed by atoms with Crippen molar-refractivity contribution in [2.45, 2.75) is 45.6 Å². The highest BCUT2D eigenvalue weighted by Gasteiger charge is 2.26. The molecule has 2 aliphatic rings. The first-order chi connectivity index (χ1) is 11.3. The lowest BCUT2D eigenvalue weighted by atomic mass is 9.91. The molecule has 2 aromatic rings. The van der Waals surface area contributed by atoms with Crippen LogP contribution in [0.5, 0.6) is 5.75 Å². The number of para-hydroxylation sites is 1. The van der Waals surface area contributed by atoms with E-state index in [4.69, 9.17) is 14.5 Å². The molecule has 0 fully saturated rings. The summed E-state index contributed by atoms with van der Waals surface area (Å²) in [4.78, 5) is 4.96. The third-order valence-electron chi connectivity index (χ3n) is 4.66. The van der Waals surface area contributed by atoms with Crippen molar-refractivity contribution in [1.29, 1.82) is 0 Å². The minimum absolute atomic E-state index is 0.245. The summed E-state index contributed by atoms with van der Waals surface area (Å²) in [5, 5.41) is 3.45. The van der Waals surface area contributed by atoms with Crippen molar-refractivity contribution >= 4 is 0 Å². The van der Waals surface area contributed by atoms with Gasteiger partial charge in [-0.15, -0.1) is 0 Å². The SMILES string of the molecule is CC1Cc2c(COc3ccccc3)nc3c(c2CO1)CNCC3. The van der Waals surface area contributed by atoms with Crippen LogP contribution in [0.15, 0.2) is 30.3 Å². The molecule has 23 heavy (non-hydrogen) atoms. The third kappa shape index (κ3) is 2.96. The van der Waals surface area contributed by atoms with E-state index in [2.05, 4.69) is 12.2 Å². The highest BCUT2D eigenvalue weighted by Crippen LogP contribution is 2.30. The summed E-state index contributed by atoms with van der Waals surface area (Å²) in [7, 11) is 0. The van der Waals surface area contributed by atoms with Crippen LogP contribution >= 0.6 is 0 Å². The fourth-order valence-electron chi connectivity index (χ4n) is 3.44. The first-order valence-electron chi connectivity index (χ1n) is 8.34. The topological polar surface area (TPSA) is 43.4 Å². The number of hydrogen-bond acceptors (Lipinski definition) is 4. The molecule has 0 aliphatic carbocycles. The molecule has 3 heterocycles. The number of hydrogen-bond donors (Lipinski definition) is 1. The Kier molecular flexibility index (Phi) is 4.02. The van der Waals surface area contributed by atoms with Gasteiger partial charge in [0.2, 0.25) is 0 Å². The van der Waals surface area contributed by atoms with Gasteiger partial charge in [0.15, 0.2) is 0 Å². The van der Waals surface area contributed by atoms with E-state index in [-0.39, 0.29) is 6.10 Å². The molecule has 1 atom stereocenters. The molecule has 1 aromatic carbocycles. The van der Waals surface area contributed by atoms with Crippen LogP contribution in [0.25, 0.3) is 0 Å². The van der Waals surface area contributed by atoms with Gasteiger partial charge in [-0.1, -0.05) is 18.2 Å². The van der Waals surface area contributed by atoms with E-state index in [0.29, 0.717) is 13.2 Å². The second-order valence-corrected chi connectivity index (χ2v) is 6.30.